The molecule has 1 atom stereocenters. The first-order chi connectivity index (χ1) is 9.28. The number of nitrogens with zero attached hydrogens (tertiary/aromatic N) is 1. The lowest BCUT2D eigenvalue weighted by molar-refractivity contribution is 0.273. The van der Waals surface area contributed by atoms with E-state index in [4.69, 9.17) is 0 Å². The molecule has 2 N–H and O–H groups in total. The summed E-state index contributed by atoms with van der Waals surface area (Å²) in [6, 6.07) is 6.60. The Labute approximate surface area is 113 Å². The third kappa shape index (κ3) is 1.54. The van der Waals surface area contributed by atoms with E-state index in [1.54, 1.807) is 0 Å². The first-order valence-corrected chi connectivity index (χ1v) is 7.29. The molecular weight excluding hydrogens is 236 g/mol. The van der Waals surface area contributed by atoms with Crippen molar-refractivity contribution in [3.8, 4) is 0 Å². The summed E-state index contributed by atoms with van der Waals surface area (Å²) in [6.07, 6.45) is 2.58. The number of piperidine rings is 1. The number of benzene rings is 1. The van der Waals surface area contributed by atoms with Crippen molar-refractivity contribution in [3.05, 3.63) is 29.3 Å². The largest absolute Gasteiger partial charge is 0.396 e. The summed E-state index contributed by atoms with van der Waals surface area (Å²) >= 11 is 0. The lowest BCUT2D eigenvalue weighted by Crippen LogP contribution is -2.38. The van der Waals surface area contributed by atoms with Crippen LogP contribution >= 0.6 is 0 Å². The van der Waals surface area contributed by atoms with E-state index in [1.165, 1.54) is 53.8 Å². The molecule has 2 bridgehead atoms. The molecule has 0 radical (unpaired) electrons. The Balaban J connectivity index is 1.92. The third-order valence-electron chi connectivity index (χ3n) is 4.90. The van der Waals surface area contributed by atoms with Gasteiger partial charge in [-0.15, -0.1) is 0 Å². The zero-order valence-electron chi connectivity index (χ0n) is 11.3. The second kappa shape index (κ2) is 4.01. The van der Waals surface area contributed by atoms with Crippen LogP contribution in [0.4, 0.5) is 5.82 Å². The van der Waals surface area contributed by atoms with Crippen molar-refractivity contribution in [3.63, 3.8) is 0 Å². The fraction of sp³-hybridized carbons (Fsp3) is 0.500. The summed E-state index contributed by atoms with van der Waals surface area (Å²) in [5, 5.41) is 10.7. The first-order valence-electron chi connectivity index (χ1n) is 7.29. The van der Waals surface area contributed by atoms with Gasteiger partial charge in [0.15, 0.2) is 0 Å². The Morgan fingerprint density at radius 1 is 1.37 bits per heavy atom. The van der Waals surface area contributed by atoms with Gasteiger partial charge in [-0.05, 0) is 36.5 Å². The van der Waals surface area contributed by atoms with E-state index < -0.39 is 0 Å². The summed E-state index contributed by atoms with van der Waals surface area (Å²) in [7, 11) is 0. The summed E-state index contributed by atoms with van der Waals surface area (Å²) < 4.78 is 0. The molecule has 4 heterocycles. The summed E-state index contributed by atoms with van der Waals surface area (Å²) in [6.45, 7) is 4.69. The molecule has 0 spiro atoms. The number of aromatic amines is 1. The second-order valence-corrected chi connectivity index (χ2v) is 6.04. The second-order valence-electron chi connectivity index (χ2n) is 6.04. The Hall–Kier alpha value is -1.48. The van der Waals surface area contributed by atoms with Crippen LogP contribution in [0.5, 0.6) is 0 Å². The van der Waals surface area contributed by atoms with Crippen LogP contribution in [0.3, 0.4) is 0 Å². The van der Waals surface area contributed by atoms with Gasteiger partial charge in [-0.1, -0.05) is 13.0 Å². The highest BCUT2D eigenvalue weighted by atomic mass is 16.3. The van der Waals surface area contributed by atoms with Crippen molar-refractivity contribution in [1.82, 2.24) is 4.98 Å². The maximum absolute atomic E-state index is 9.34. The number of aromatic nitrogens is 1. The van der Waals surface area contributed by atoms with Crippen molar-refractivity contribution < 1.29 is 5.11 Å². The van der Waals surface area contributed by atoms with E-state index in [0.29, 0.717) is 0 Å². The fourth-order valence-electron chi connectivity index (χ4n) is 3.68. The predicted octanol–water partition coefficient (Wildman–Crippen LogP) is 2.96. The summed E-state index contributed by atoms with van der Waals surface area (Å²) in [5.41, 5.74) is 4.02. The summed E-state index contributed by atoms with van der Waals surface area (Å²) in [5.74, 6) is 2.30. The Morgan fingerprint density at radius 3 is 2.89 bits per heavy atom. The van der Waals surface area contributed by atoms with E-state index in [2.05, 4.69) is 35.0 Å². The number of H-pyrrole nitrogens is 1. The van der Waals surface area contributed by atoms with Crippen molar-refractivity contribution >= 4 is 16.7 Å². The molecule has 1 unspecified atom stereocenters. The normalized spacial score (nSPS) is 20.0. The van der Waals surface area contributed by atoms with Crippen LogP contribution in [0.2, 0.25) is 0 Å². The molecule has 0 saturated carbocycles. The zero-order valence-corrected chi connectivity index (χ0v) is 11.3. The average molecular weight is 256 g/mol. The Kier molecular flexibility index (Phi) is 2.39. The monoisotopic (exact) mass is 256 g/mol. The molecule has 19 heavy (non-hydrogen) atoms. The molecule has 1 saturated heterocycles. The lowest BCUT2D eigenvalue weighted by atomic mass is 9.84. The van der Waals surface area contributed by atoms with Gasteiger partial charge < -0.3 is 15.0 Å². The molecule has 3 aliphatic rings. The minimum absolute atomic E-state index is 0.216. The van der Waals surface area contributed by atoms with Crippen LogP contribution in [0, 0.1) is 0 Å². The predicted molar refractivity (Wildman–Crippen MR) is 78.0 cm³/mol. The van der Waals surface area contributed by atoms with E-state index in [1.807, 2.05) is 0 Å². The number of nitrogens with one attached hydrogen (secondary N) is 1. The number of fused-ring (bicyclic) bond motifs is 3. The van der Waals surface area contributed by atoms with Gasteiger partial charge in [0.25, 0.3) is 0 Å². The van der Waals surface area contributed by atoms with Crippen molar-refractivity contribution in [2.75, 3.05) is 24.6 Å². The van der Waals surface area contributed by atoms with E-state index >= 15 is 0 Å². The van der Waals surface area contributed by atoms with Crippen LogP contribution in [0.25, 0.3) is 10.9 Å². The van der Waals surface area contributed by atoms with Gasteiger partial charge in [-0.3, -0.25) is 0 Å². The van der Waals surface area contributed by atoms with Gasteiger partial charge in [0.2, 0.25) is 0 Å². The number of aliphatic hydroxyl groups is 1. The summed E-state index contributed by atoms with van der Waals surface area (Å²) in [4.78, 5) is 6.09. The molecule has 3 aliphatic heterocycles. The number of hydrogen-bond donors (Lipinski definition) is 2. The van der Waals surface area contributed by atoms with Gasteiger partial charge in [0.05, 0.1) is 0 Å². The molecular formula is C16H20N2O. The van der Waals surface area contributed by atoms with Gasteiger partial charge in [0.1, 0.15) is 5.82 Å². The van der Waals surface area contributed by atoms with Crippen molar-refractivity contribution in [2.45, 2.75) is 31.6 Å². The van der Waals surface area contributed by atoms with Crippen molar-refractivity contribution in [1.29, 1.82) is 0 Å². The molecule has 3 heteroatoms. The van der Waals surface area contributed by atoms with Gasteiger partial charge in [-0.25, -0.2) is 0 Å². The van der Waals surface area contributed by atoms with Crippen LogP contribution in [-0.4, -0.2) is 29.8 Å². The van der Waals surface area contributed by atoms with Crippen LogP contribution in [0.1, 0.15) is 42.7 Å². The van der Waals surface area contributed by atoms with Gasteiger partial charge in [0, 0.05) is 42.1 Å². The fourth-order valence-corrected chi connectivity index (χ4v) is 3.68. The number of aliphatic hydroxyl groups excluding tert-OH is 1. The van der Waals surface area contributed by atoms with Crippen molar-refractivity contribution in [2.24, 2.45) is 0 Å². The number of rotatable bonds is 2. The molecule has 100 valence electrons. The highest BCUT2D eigenvalue weighted by Crippen LogP contribution is 2.46. The Bertz CT molecular complexity index is 623. The standard InChI is InChI=1S/C16H20N2O/c1-10(9-19)12-2-3-14-13(8-12)15-11-4-6-18(7-5-11)16(15)17-14/h2-3,8,10-11,17,19H,4-7,9H2,1H3. The molecule has 5 rings (SSSR count). The minimum Gasteiger partial charge on any atom is -0.396 e. The average Bonchev–Trinajstić information content (AvgIpc) is 2.88. The first kappa shape index (κ1) is 11.4. The molecule has 0 amide bonds. The molecule has 3 nitrogen and oxygen atoms in total. The molecule has 2 aromatic rings. The minimum atomic E-state index is 0.216. The van der Waals surface area contributed by atoms with Crippen LogP contribution in [-0.2, 0) is 0 Å². The smallest absolute Gasteiger partial charge is 0.110 e. The third-order valence-corrected chi connectivity index (χ3v) is 4.90. The molecule has 1 fully saturated rings. The van der Waals surface area contributed by atoms with Crippen LogP contribution in [0.15, 0.2) is 18.2 Å². The molecule has 1 aromatic heterocycles. The quantitative estimate of drug-likeness (QED) is 0.867. The number of anilines is 1. The van der Waals surface area contributed by atoms with E-state index in [9.17, 15) is 5.11 Å². The maximum Gasteiger partial charge on any atom is 0.110 e. The van der Waals surface area contributed by atoms with E-state index in [-0.39, 0.29) is 12.5 Å². The molecule has 0 aliphatic carbocycles. The van der Waals surface area contributed by atoms with Gasteiger partial charge >= 0.3 is 0 Å². The topological polar surface area (TPSA) is 39.3 Å². The maximum atomic E-state index is 9.34. The SMILES string of the molecule is CC(CO)c1ccc2[nH]c3c(c2c1)C1CCN3CC1. The zero-order chi connectivity index (χ0) is 13.0. The Morgan fingerprint density at radius 2 is 2.16 bits per heavy atom. The van der Waals surface area contributed by atoms with E-state index in [0.717, 1.165) is 5.92 Å². The highest BCUT2D eigenvalue weighted by molar-refractivity contribution is 5.91. The highest BCUT2D eigenvalue weighted by Gasteiger charge is 2.33. The number of hydrogen-bond acceptors (Lipinski definition) is 2. The van der Waals surface area contributed by atoms with Crippen LogP contribution < -0.4 is 4.90 Å². The molecule has 1 aromatic carbocycles. The lowest BCUT2D eigenvalue weighted by Gasteiger charge is -2.40. The van der Waals surface area contributed by atoms with Gasteiger partial charge in [-0.2, -0.15) is 0 Å².